The van der Waals surface area contributed by atoms with Crippen molar-refractivity contribution < 1.29 is 22.7 Å². The lowest BCUT2D eigenvalue weighted by atomic mass is 10.2. The topological polar surface area (TPSA) is 56.1 Å². The number of carbonyl (C=O) groups excluding carboxylic acids is 1. The van der Waals surface area contributed by atoms with Crippen molar-refractivity contribution in [2.24, 2.45) is 0 Å². The van der Waals surface area contributed by atoms with Gasteiger partial charge in [0.05, 0.1) is 18.4 Å². The monoisotopic (exact) mass is 355 g/mol. The first-order valence-corrected chi connectivity index (χ1v) is 7.88. The molecule has 25 heavy (non-hydrogen) atoms. The van der Waals surface area contributed by atoms with Gasteiger partial charge in [0.15, 0.2) is 5.69 Å². The summed E-state index contributed by atoms with van der Waals surface area (Å²) >= 11 is 0. The number of hydrogen-bond donors (Lipinski definition) is 1. The van der Waals surface area contributed by atoms with Crippen LogP contribution in [0.3, 0.4) is 0 Å². The Kier molecular flexibility index (Phi) is 5.71. The summed E-state index contributed by atoms with van der Waals surface area (Å²) in [6, 6.07) is 6.49. The minimum atomic E-state index is -4.66. The number of hydrogen-bond acceptors (Lipinski definition) is 3. The van der Waals surface area contributed by atoms with E-state index in [9.17, 15) is 18.0 Å². The molecule has 1 aromatic heterocycles. The fraction of sp³-hybridized carbons (Fsp3) is 0.412. The van der Waals surface area contributed by atoms with Gasteiger partial charge in [-0.2, -0.15) is 18.3 Å². The van der Waals surface area contributed by atoms with E-state index in [0.717, 1.165) is 16.4 Å². The van der Waals surface area contributed by atoms with Gasteiger partial charge in [-0.3, -0.25) is 9.48 Å². The second-order valence-electron chi connectivity index (χ2n) is 5.71. The quantitative estimate of drug-likeness (QED) is 0.857. The molecule has 2 aromatic rings. The van der Waals surface area contributed by atoms with Crippen LogP contribution in [-0.4, -0.2) is 22.3 Å². The van der Waals surface area contributed by atoms with E-state index in [1.807, 2.05) is 6.92 Å². The summed E-state index contributed by atoms with van der Waals surface area (Å²) in [5, 5.41) is 6.21. The number of amides is 1. The highest BCUT2D eigenvalue weighted by atomic mass is 19.4. The van der Waals surface area contributed by atoms with Crippen molar-refractivity contribution in [3.8, 4) is 5.75 Å². The maximum absolute atomic E-state index is 13.3. The van der Waals surface area contributed by atoms with Gasteiger partial charge >= 0.3 is 6.18 Å². The predicted molar refractivity (Wildman–Crippen MR) is 86.4 cm³/mol. The van der Waals surface area contributed by atoms with Gasteiger partial charge < -0.3 is 10.1 Å². The number of rotatable bonds is 6. The number of nitrogens with one attached hydrogen (secondary N) is 1. The van der Waals surface area contributed by atoms with Crippen LogP contribution in [0.15, 0.2) is 30.5 Å². The van der Waals surface area contributed by atoms with Crippen LogP contribution in [0.2, 0.25) is 0 Å². The SMILES string of the molecule is CCOc1cccc(CNC(=O)c2cnn(C(C)C)c2C(F)(F)F)c1. The summed E-state index contributed by atoms with van der Waals surface area (Å²) in [5.41, 5.74) is -0.797. The summed E-state index contributed by atoms with van der Waals surface area (Å²) in [4.78, 5) is 12.2. The summed E-state index contributed by atoms with van der Waals surface area (Å²) in [5.74, 6) is -0.182. The van der Waals surface area contributed by atoms with Gasteiger partial charge in [0, 0.05) is 12.6 Å². The van der Waals surface area contributed by atoms with Crippen LogP contribution in [0.5, 0.6) is 5.75 Å². The van der Waals surface area contributed by atoms with Gasteiger partial charge in [0.1, 0.15) is 5.75 Å². The Morgan fingerprint density at radius 1 is 1.36 bits per heavy atom. The van der Waals surface area contributed by atoms with Crippen LogP contribution >= 0.6 is 0 Å². The fourth-order valence-electron chi connectivity index (χ4n) is 2.39. The number of ether oxygens (including phenoxy) is 1. The van der Waals surface area contributed by atoms with Crippen molar-refractivity contribution in [3.05, 3.63) is 47.3 Å². The van der Waals surface area contributed by atoms with E-state index in [1.165, 1.54) is 0 Å². The second-order valence-corrected chi connectivity index (χ2v) is 5.71. The summed E-state index contributed by atoms with van der Waals surface area (Å²) in [6.07, 6.45) is -3.71. The molecular weight excluding hydrogens is 335 g/mol. The molecule has 0 aliphatic rings. The molecule has 0 unspecified atom stereocenters. The Labute approximate surface area is 143 Å². The summed E-state index contributed by atoms with van der Waals surface area (Å²) < 4.78 is 46.1. The van der Waals surface area contributed by atoms with Crippen LogP contribution < -0.4 is 10.1 Å². The first-order valence-electron chi connectivity index (χ1n) is 7.88. The van der Waals surface area contributed by atoms with E-state index in [1.54, 1.807) is 38.1 Å². The zero-order chi connectivity index (χ0) is 18.6. The van der Waals surface area contributed by atoms with Gasteiger partial charge in [-0.1, -0.05) is 12.1 Å². The van der Waals surface area contributed by atoms with Crippen LogP contribution in [0.25, 0.3) is 0 Å². The van der Waals surface area contributed by atoms with Gasteiger partial charge in [0.25, 0.3) is 5.91 Å². The highest BCUT2D eigenvalue weighted by molar-refractivity contribution is 5.95. The standard InChI is InChI=1S/C17H20F3N3O2/c1-4-25-13-7-5-6-12(8-13)9-21-16(24)14-10-22-23(11(2)3)15(14)17(18,19)20/h5-8,10-11H,4,9H2,1-3H3,(H,21,24). The maximum atomic E-state index is 13.3. The highest BCUT2D eigenvalue weighted by Gasteiger charge is 2.40. The normalized spacial score (nSPS) is 11.6. The van der Waals surface area contributed by atoms with E-state index in [-0.39, 0.29) is 6.54 Å². The summed E-state index contributed by atoms with van der Waals surface area (Å²) in [6.45, 7) is 5.58. The van der Waals surface area contributed by atoms with Crippen molar-refractivity contribution in [1.82, 2.24) is 15.1 Å². The van der Waals surface area contributed by atoms with E-state index < -0.39 is 29.4 Å². The third kappa shape index (κ3) is 4.52. The van der Waals surface area contributed by atoms with Crippen molar-refractivity contribution in [2.45, 2.75) is 39.5 Å². The lowest BCUT2D eigenvalue weighted by Crippen LogP contribution is -2.27. The van der Waals surface area contributed by atoms with Crippen LogP contribution in [0.4, 0.5) is 13.2 Å². The van der Waals surface area contributed by atoms with Crippen LogP contribution in [-0.2, 0) is 12.7 Å². The molecule has 0 saturated heterocycles. The number of nitrogens with zero attached hydrogens (tertiary/aromatic N) is 2. The molecule has 1 amide bonds. The largest absolute Gasteiger partial charge is 0.494 e. The number of alkyl halides is 3. The predicted octanol–water partition coefficient (Wildman–Crippen LogP) is 3.81. The molecule has 1 aromatic carbocycles. The average molecular weight is 355 g/mol. The van der Waals surface area contributed by atoms with Crippen molar-refractivity contribution in [1.29, 1.82) is 0 Å². The van der Waals surface area contributed by atoms with Gasteiger partial charge in [-0.05, 0) is 38.5 Å². The molecule has 5 nitrogen and oxygen atoms in total. The minimum Gasteiger partial charge on any atom is -0.494 e. The second kappa shape index (κ2) is 7.58. The van der Waals surface area contributed by atoms with Crippen molar-refractivity contribution in [2.75, 3.05) is 6.61 Å². The molecule has 0 spiro atoms. The van der Waals surface area contributed by atoms with Gasteiger partial charge in [0.2, 0.25) is 0 Å². The molecule has 1 heterocycles. The molecule has 0 saturated carbocycles. The average Bonchev–Trinajstić information content (AvgIpc) is 2.99. The maximum Gasteiger partial charge on any atom is 0.433 e. The molecule has 0 aliphatic heterocycles. The van der Waals surface area contributed by atoms with Crippen molar-refractivity contribution in [3.63, 3.8) is 0 Å². The number of halogens is 3. The first kappa shape index (κ1) is 18.8. The lowest BCUT2D eigenvalue weighted by Gasteiger charge is -2.15. The van der Waals surface area contributed by atoms with Crippen LogP contribution in [0.1, 0.15) is 48.4 Å². The molecule has 1 N–H and O–H groups in total. The van der Waals surface area contributed by atoms with Crippen molar-refractivity contribution >= 4 is 5.91 Å². The van der Waals surface area contributed by atoms with Gasteiger partial charge in [-0.25, -0.2) is 0 Å². The molecule has 0 atom stereocenters. The molecule has 8 heteroatoms. The summed E-state index contributed by atoms with van der Waals surface area (Å²) in [7, 11) is 0. The highest BCUT2D eigenvalue weighted by Crippen LogP contribution is 2.33. The van der Waals surface area contributed by atoms with E-state index in [2.05, 4.69) is 10.4 Å². The van der Waals surface area contributed by atoms with E-state index >= 15 is 0 Å². The zero-order valence-corrected chi connectivity index (χ0v) is 14.2. The number of aromatic nitrogens is 2. The Bertz CT molecular complexity index is 739. The van der Waals surface area contributed by atoms with Gasteiger partial charge in [-0.15, -0.1) is 0 Å². The Balaban J connectivity index is 2.18. The molecule has 0 bridgehead atoms. The Hall–Kier alpha value is -2.51. The Morgan fingerprint density at radius 3 is 2.68 bits per heavy atom. The fourth-order valence-corrected chi connectivity index (χ4v) is 2.39. The molecule has 2 rings (SSSR count). The number of carbonyl (C=O) groups is 1. The van der Waals surface area contributed by atoms with E-state index in [0.29, 0.717) is 12.4 Å². The van der Waals surface area contributed by atoms with E-state index in [4.69, 9.17) is 4.74 Å². The zero-order valence-electron chi connectivity index (χ0n) is 14.2. The Morgan fingerprint density at radius 2 is 2.08 bits per heavy atom. The number of benzene rings is 1. The minimum absolute atomic E-state index is 0.0872. The third-order valence-electron chi connectivity index (χ3n) is 3.46. The molecule has 136 valence electrons. The molecule has 0 aliphatic carbocycles. The molecule has 0 radical (unpaired) electrons. The molecular formula is C17H20F3N3O2. The smallest absolute Gasteiger partial charge is 0.433 e. The third-order valence-corrected chi connectivity index (χ3v) is 3.46. The lowest BCUT2D eigenvalue weighted by molar-refractivity contribution is -0.145. The van der Waals surface area contributed by atoms with Crippen LogP contribution in [0, 0.1) is 0 Å². The molecule has 0 fully saturated rings. The first-order chi connectivity index (χ1) is 11.7.